The highest BCUT2D eigenvalue weighted by Gasteiger charge is 2.31. The normalized spacial score (nSPS) is 11.8. The predicted octanol–water partition coefficient (Wildman–Crippen LogP) is 28.5. The van der Waals surface area contributed by atoms with E-state index in [1.54, 1.807) is 0 Å². The van der Waals surface area contributed by atoms with Gasteiger partial charge in [-0.25, -0.2) is 0 Å². The van der Waals surface area contributed by atoms with E-state index in [1.807, 2.05) is 36.4 Å². The smallest absolute Gasteiger partial charge is 0.390 e. The Balaban J connectivity index is 1.13. The van der Waals surface area contributed by atoms with Gasteiger partial charge in [-0.1, -0.05) is 60.7 Å². The topological polar surface area (TPSA) is 142 Å². The second-order valence-electron chi connectivity index (χ2n) is 28.0. The standard InChI is InChI=1S/C84H86O12P4/c1-39-31-47(9)77-67(55(39)17)68-56(18)40(2)32-48(10)78(68)90-97(89-77)85-63-27-25-28-64(86-98-91-79-49(11)33-41(3)57(19)69(79)70-58(20)42(4)34-50(12)80(70)92-98)75(63)76-65(87-99-93-81-51(13)35-43(5)59(21)71(81)72-60(22)44(6)36-52(14)82(72)94-99)29-26-30-66(76)88-100-95-83-53(15)37-45(7)61(23)73(83)74-62(24)46(8)38-54(16)84(74)96-100/h25-38H,1-24H3. The van der Waals surface area contributed by atoms with Crippen LogP contribution in [0.25, 0.3) is 98.9 Å². The van der Waals surface area contributed by atoms with Gasteiger partial charge in [-0.2, -0.15) is 0 Å². The second-order valence-corrected chi connectivity index (χ2v) is 31.9. The van der Waals surface area contributed by atoms with Gasteiger partial charge >= 0.3 is 33.0 Å². The Hall–Kier alpha value is -9.00. The summed E-state index contributed by atoms with van der Waals surface area (Å²) in [5.74, 6) is 1.16. The number of hydrogen-bond donors (Lipinski definition) is 0. The van der Waals surface area contributed by atoms with Crippen LogP contribution in [-0.2, 0) is 0 Å². The molecule has 4 heterocycles. The van der Waals surface area contributed by atoms with Gasteiger partial charge < -0.3 is 51.7 Å². The quantitative estimate of drug-likeness (QED) is 0.136. The Kier molecular flexibility index (Phi) is 17.4. The van der Waals surface area contributed by atoms with E-state index in [0.717, 1.165) is 177 Å². The van der Waals surface area contributed by atoms with Gasteiger partial charge in [-0.3, -0.25) is 0 Å². The van der Waals surface area contributed by atoms with Gasteiger partial charge in [0.1, 0.15) is 67.7 Å². The van der Waals surface area contributed by atoms with Gasteiger partial charge in [0.2, 0.25) is 0 Å². The summed E-state index contributed by atoms with van der Waals surface area (Å²) in [5.41, 5.74) is 31.4. The SMILES string of the molecule is Cc1cc(C)c2op(Oc3cccc(Op4oc5c(C)cc(C)c(C)c5c5c(C)c(C)cc(C)c5o4)c3-c3c(Op4oc5c(C)cc(C)c(C)c5c5c(C)c(C)cc(C)c5o4)cccc3Op3oc4c(C)cc(C)c(C)c4c4c(C)c(C)cc(C)c4o3)oc3c(C)cc(C)c(C)c3c2c1C. The fraction of sp³-hybridized carbons (Fsp3) is 0.286. The first kappa shape index (κ1) is 68.1. The van der Waals surface area contributed by atoms with Crippen molar-refractivity contribution in [1.82, 2.24) is 0 Å². The third-order valence-corrected chi connectivity index (χ3v) is 25.2. The zero-order valence-electron chi connectivity index (χ0n) is 61.8. The summed E-state index contributed by atoms with van der Waals surface area (Å²) in [7, 11) is -9.43. The van der Waals surface area contributed by atoms with Crippen LogP contribution in [0.15, 0.2) is 119 Å². The molecule has 14 aromatic rings. The molecule has 0 aliphatic rings. The van der Waals surface area contributed by atoms with Crippen LogP contribution in [0, 0.1) is 166 Å². The Morgan fingerprint density at radius 3 is 0.450 bits per heavy atom. The minimum atomic E-state index is -2.36. The molecule has 0 spiro atoms. The molecule has 0 bridgehead atoms. The van der Waals surface area contributed by atoms with Crippen LogP contribution in [0.5, 0.6) is 23.0 Å². The number of fused-ring (bicyclic) bond motifs is 12. The van der Waals surface area contributed by atoms with Gasteiger partial charge in [-0.05, 0) is 324 Å². The summed E-state index contributed by atoms with van der Waals surface area (Å²) in [5, 5.41) is 7.74. The Morgan fingerprint density at radius 2 is 0.320 bits per heavy atom. The third-order valence-electron chi connectivity index (χ3n) is 21.1. The van der Waals surface area contributed by atoms with E-state index < -0.39 is 33.0 Å². The lowest BCUT2D eigenvalue weighted by molar-refractivity contribution is 0.476. The van der Waals surface area contributed by atoms with Crippen LogP contribution in [-0.4, -0.2) is 0 Å². The zero-order valence-corrected chi connectivity index (χ0v) is 65.3. The van der Waals surface area contributed by atoms with Crippen molar-refractivity contribution >= 4 is 121 Å². The first-order chi connectivity index (χ1) is 47.5. The van der Waals surface area contributed by atoms with E-state index in [4.69, 9.17) is 51.7 Å². The molecule has 0 saturated heterocycles. The zero-order chi connectivity index (χ0) is 71.3. The third kappa shape index (κ3) is 11.3. The maximum atomic E-state index is 7.56. The van der Waals surface area contributed by atoms with Gasteiger partial charge in [0.15, 0.2) is 0 Å². The molecule has 0 radical (unpaired) electrons. The van der Waals surface area contributed by atoms with Crippen molar-refractivity contribution in [3.8, 4) is 34.1 Å². The second kappa shape index (κ2) is 25.6. The molecule has 10 aromatic carbocycles. The highest BCUT2D eigenvalue weighted by molar-refractivity contribution is 7.33. The fourth-order valence-corrected chi connectivity index (χ4v) is 19.6. The molecule has 4 aromatic heterocycles. The van der Waals surface area contributed by atoms with Crippen LogP contribution in [0.4, 0.5) is 0 Å². The Bertz CT molecular complexity index is 5060. The molecule has 0 aliphatic carbocycles. The lowest BCUT2D eigenvalue weighted by Gasteiger charge is -2.18. The Labute approximate surface area is 587 Å². The summed E-state index contributed by atoms with van der Waals surface area (Å²) in [6, 6.07) is 28.7. The minimum Gasteiger partial charge on any atom is -0.390 e. The molecule has 14 rings (SSSR count). The van der Waals surface area contributed by atoms with E-state index in [0.29, 0.717) is 78.8 Å². The molecule has 0 aliphatic heterocycles. The molecule has 0 fully saturated rings. The molecule has 100 heavy (non-hydrogen) atoms. The van der Waals surface area contributed by atoms with Gasteiger partial charge in [-0.15, -0.1) is 0 Å². The van der Waals surface area contributed by atoms with Crippen molar-refractivity contribution in [3.63, 3.8) is 0 Å². The first-order valence-corrected chi connectivity index (χ1v) is 38.4. The molecule has 0 saturated carbocycles. The van der Waals surface area contributed by atoms with Gasteiger partial charge in [0.05, 0.1) is 11.1 Å². The largest absolute Gasteiger partial charge is 0.453 e. The summed E-state index contributed by atoms with van der Waals surface area (Å²) < 4.78 is 88.5. The van der Waals surface area contributed by atoms with Gasteiger partial charge in [0.25, 0.3) is 0 Å². The van der Waals surface area contributed by atoms with Crippen LogP contribution in [0.3, 0.4) is 0 Å². The molecule has 514 valence electrons. The molecular weight excluding hydrogens is 1320 g/mol. The van der Waals surface area contributed by atoms with Crippen LogP contribution >= 0.6 is 33.0 Å². The molecule has 0 amide bonds. The number of hydrogen-bond acceptors (Lipinski definition) is 12. The lowest BCUT2D eigenvalue weighted by atomic mass is 9.94. The van der Waals surface area contributed by atoms with Crippen molar-refractivity contribution in [2.24, 2.45) is 0 Å². The number of benzene rings is 10. The van der Waals surface area contributed by atoms with Crippen molar-refractivity contribution in [2.75, 3.05) is 0 Å². The average Bonchev–Trinajstić information content (AvgIpc) is 1.53. The minimum absolute atomic E-state index is 0.290. The maximum Gasteiger partial charge on any atom is 0.453 e. The molecule has 12 nitrogen and oxygen atoms in total. The summed E-state index contributed by atoms with van der Waals surface area (Å²) in [6.07, 6.45) is 0. The van der Waals surface area contributed by atoms with Crippen LogP contribution in [0.1, 0.15) is 134 Å². The fourth-order valence-electron chi connectivity index (χ4n) is 14.8. The highest BCUT2D eigenvalue weighted by atomic mass is 31.1. The van der Waals surface area contributed by atoms with Crippen molar-refractivity contribution < 1.29 is 51.7 Å². The molecule has 0 unspecified atom stereocenters. The average molecular weight is 1410 g/mol. The first-order valence-electron chi connectivity index (χ1n) is 34.0. The van der Waals surface area contributed by atoms with E-state index in [9.17, 15) is 0 Å². The summed E-state index contributed by atoms with van der Waals surface area (Å²) in [6.45, 7) is 50.9. The number of aryl methyl sites for hydroxylation is 24. The van der Waals surface area contributed by atoms with E-state index >= 15 is 0 Å². The molecular formula is C84H86O12P4. The molecule has 16 heteroatoms. The van der Waals surface area contributed by atoms with Crippen LogP contribution in [0.2, 0.25) is 0 Å². The van der Waals surface area contributed by atoms with Crippen LogP contribution < -0.4 is 18.1 Å². The van der Waals surface area contributed by atoms with Crippen molar-refractivity contribution in [2.45, 2.75) is 166 Å². The number of rotatable bonds is 9. The van der Waals surface area contributed by atoms with E-state index in [-0.39, 0.29) is 0 Å². The lowest BCUT2D eigenvalue weighted by Crippen LogP contribution is -1.96. The summed E-state index contributed by atoms with van der Waals surface area (Å²) in [4.78, 5) is 0. The molecule has 0 N–H and O–H groups in total. The highest BCUT2D eigenvalue weighted by Crippen LogP contribution is 2.57. The Morgan fingerprint density at radius 1 is 0.190 bits per heavy atom. The van der Waals surface area contributed by atoms with Crippen molar-refractivity contribution in [1.29, 1.82) is 0 Å². The van der Waals surface area contributed by atoms with Gasteiger partial charge in [0, 0.05) is 43.1 Å². The monoisotopic (exact) mass is 1410 g/mol. The summed E-state index contributed by atoms with van der Waals surface area (Å²) >= 11 is 0. The molecule has 0 atom stereocenters. The predicted molar refractivity (Wildman–Crippen MR) is 415 cm³/mol. The van der Waals surface area contributed by atoms with Crippen molar-refractivity contribution in [3.05, 3.63) is 218 Å². The maximum absolute atomic E-state index is 7.56. The van der Waals surface area contributed by atoms with E-state index in [2.05, 4.69) is 215 Å². The van der Waals surface area contributed by atoms with E-state index in [1.165, 1.54) is 0 Å².